The Hall–Kier alpha value is 0.234. The highest BCUT2D eigenvalue weighted by Crippen LogP contribution is 2.20. The van der Waals surface area contributed by atoms with Gasteiger partial charge in [0.1, 0.15) is 12.6 Å². The predicted molar refractivity (Wildman–Crippen MR) is 134 cm³/mol. The quantitative estimate of drug-likeness (QED) is 0.146. The average Bonchev–Trinajstić information content (AvgIpc) is 2.62. The van der Waals surface area contributed by atoms with Crippen molar-refractivity contribution in [2.24, 2.45) is 0 Å². The standard InChI is InChI=1S/C23H54NO4Si2/c1-9-10-11-12-13-14-15-16-18-24(2,3)21-23(25)22-27-19-17-20-29(5,6)28-30(7,8)26-4/h23,25H,9-22H2,1-8H3/q+1. The second-order valence-corrected chi connectivity index (χ2v) is 18.7. The highest BCUT2D eigenvalue weighted by molar-refractivity contribution is 6.82. The van der Waals surface area contributed by atoms with E-state index >= 15 is 0 Å². The molecule has 5 nitrogen and oxygen atoms in total. The molecule has 0 fully saturated rings. The SMILES string of the molecule is CCCCCCCCCC[N+](C)(C)CC(O)COCCC[Si](C)(C)O[Si](C)(C)OC. The van der Waals surface area contributed by atoms with Gasteiger partial charge in [0, 0.05) is 13.7 Å². The van der Waals surface area contributed by atoms with Gasteiger partial charge in [-0.2, -0.15) is 0 Å². The molecule has 0 rings (SSSR count). The molecule has 1 atom stereocenters. The van der Waals surface area contributed by atoms with Gasteiger partial charge in [-0.05, 0) is 51.5 Å². The molecule has 0 radical (unpaired) electrons. The smallest absolute Gasteiger partial charge is 0.321 e. The zero-order valence-electron chi connectivity index (χ0n) is 21.6. The molecule has 0 aromatic carbocycles. The van der Waals surface area contributed by atoms with Crippen molar-refractivity contribution < 1.29 is 22.9 Å². The van der Waals surface area contributed by atoms with Crippen LogP contribution in [-0.2, 0) is 13.3 Å². The molecule has 0 saturated carbocycles. The molecular weight excluding hydrogens is 410 g/mol. The van der Waals surface area contributed by atoms with Crippen LogP contribution < -0.4 is 0 Å². The summed E-state index contributed by atoms with van der Waals surface area (Å²) < 4.78 is 18.5. The lowest BCUT2D eigenvalue weighted by Gasteiger charge is -2.32. The Kier molecular flexibility index (Phi) is 16.1. The predicted octanol–water partition coefficient (Wildman–Crippen LogP) is 5.54. The lowest BCUT2D eigenvalue weighted by Crippen LogP contribution is -2.47. The number of hydrogen-bond donors (Lipinski definition) is 1. The van der Waals surface area contributed by atoms with E-state index in [1.54, 1.807) is 7.11 Å². The first-order chi connectivity index (χ1) is 13.9. The molecule has 0 spiro atoms. The monoisotopic (exact) mass is 464 g/mol. The molecule has 0 aromatic heterocycles. The van der Waals surface area contributed by atoms with E-state index in [0.717, 1.165) is 30.0 Å². The summed E-state index contributed by atoms with van der Waals surface area (Å²) >= 11 is 0. The van der Waals surface area contributed by atoms with Crippen LogP contribution in [0.1, 0.15) is 64.7 Å². The summed E-state index contributed by atoms with van der Waals surface area (Å²) in [5.41, 5.74) is 0. The van der Waals surface area contributed by atoms with Crippen molar-refractivity contribution in [2.45, 2.75) is 103 Å². The van der Waals surface area contributed by atoms with Crippen LogP contribution in [0.3, 0.4) is 0 Å². The first-order valence-electron chi connectivity index (χ1n) is 12.3. The second-order valence-electron chi connectivity index (χ2n) is 10.6. The van der Waals surface area contributed by atoms with E-state index in [9.17, 15) is 5.11 Å². The van der Waals surface area contributed by atoms with Crippen LogP contribution >= 0.6 is 0 Å². The molecular formula is C23H54NO4Si2+. The molecule has 0 amide bonds. The third-order valence-corrected chi connectivity index (χ3v) is 12.4. The largest absolute Gasteiger partial charge is 0.436 e. The van der Waals surface area contributed by atoms with Crippen LogP contribution in [0.2, 0.25) is 32.2 Å². The van der Waals surface area contributed by atoms with E-state index in [4.69, 9.17) is 13.3 Å². The third-order valence-electron chi connectivity index (χ3n) is 5.71. The summed E-state index contributed by atoms with van der Waals surface area (Å²) in [7, 11) is 2.50. The van der Waals surface area contributed by atoms with Gasteiger partial charge < -0.3 is 22.9 Å². The lowest BCUT2D eigenvalue weighted by molar-refractivity contribution is -0.893. The van der Waals surface area contributed by atoms with Crippen molar-refractivity contribution in [3.05, 3.63) is 0 Å². The molecule has 182 valence electrons. The van der Waals surface area contributed by atoms with Gasteiger partial charge in [-0.15, -0.1) is 0 Å². The Labute approximate surface area is 190 Å². The minimum Gasteiger partial charge on any atom is -0.436 e. The fourth-order valence-corrected chi connectivity index (χ4v) is 11.0. The van der Waals surface area contributed by atoms with Gasteiger partial charge in [0.05, 0.1) is 27.2 Å². The minimum absolute atomic E-state index is 0.393. The van der Waals surface area contributed by atoms with Crippen molar-refractivity contribution in [1.29, 1.82) is 0 Å². The van der Waals surface area contributed by atoms with Gasteiger partial charge in [-0.25, -0.2) is 0 Å². The molecule has 0 saturated heterocycles. The van der Waals surface area contributed by atoms with Crippen LogP contribution in [0.15, 0.2) is 0 Å². The molecule has 0 aromatic rings. The lowest BCUT2D eigenvalue weighted by atomic mass is 10.1. The number of unbranched alkanes of at least 4 members (excludes halogenated alkanes) is 7. The molecule has 0 bridgehead atoms. The van der Waals surface area contributed by atoms with Crippen molar-refractivity contribution >= 4 is 16.9 Å². The van der Waals surface area contributed by atoms with Crippen molar-refractivity contribution in [2.75, 3.05) is 47.5 Å². The topological polar surface area (TPSA) is 47.9 Å². The van der Waals surface area contributed by atoms with E-state index in [-0.39, 0.29) is 0 Å². The Bertz CT molecular complexity index is 420. The van der Waals surface area contributed by atoms with E-state index in [0.29, 0.717) is 13.2 Å². The van der Waals surface area contributed by atoms with E-state index in [1.165, 1.54) is 51.4 Å². The van der Waals surface area contributed by atoms with Gasteiger partial charge in [0.15, 0.2) is 8.32 Å². The Balaban J connectivity index is 3.84. The van der Waals surface area contributed by atoms with Crippen LogP contribution in [-0.4, -0.2) is 80.1 Å². The summed E-state index contributed by atoms with van der Waals surface area (Å²) in [6.45, 7) is 14.0. The Morgan fingerprint density at radius 1 is 0.867 bits per heavy atom. The zero-order chi connectivity index (χ0) is 23.1. The normalized spacial score (nSPS) is 14.3. The van der Waals surface area contributed by atoms with Crippen LogP contribution in [0.25, 0.3) is 0 Å². The molecule has 1 N–H and O–H groups in total. The first kappa shape index (κ1) is 30.2. The van der Waals surface area contributed by atoms with E-state index in [2.05, 4.69) is 47.2 Å². The first-order valence-corrected chi connectivity index (χ1v) is 18.2. The number of aliphatic hydroxyl groups is 1. The summed E-state index contributed by atoms with van der Waals surface area (Å²) in [6, 6.07) is 1.06. The maximum Gasteiger partial charge on any atom is 0.321 e. The molecule has 1 unspecified atom stereocenters. The molecule has 30 heavy (non-hydrogen) atoms. The number of likely N-dealkylation sites (N-methyl/N-ethyl adjacent to an activating group) is 1. The maximum absolute atomic E-state index is 10.4. The van der Waals surface area contributed by atoms with Crippen molar-refractivity contribution in [1.82, 2.24) is 0 Å². The molecule has 7 heteroatoms. The number of ether oxygens (including phenoxy) is 1. The molecule has 0 aliphatic rings. The van der Waals surface area contributed by atoms with Crippen molar-refractivity contribution in [3.8, 4) is 0 Å². The summed E-state index contributed by atoms with van der Waals surface area (Å²) in [4.78, 5) is 0. The fraction of sp³-hybridized carbons (Fsp3) is 1.00. The highest BCUT2D eigenvalue weighted by Gasteiger charge is 2.33. The van der Waals surface area contributed by atoms with Crippen LogP contribution in [0, 0.1) is 0 Å². The Morgan fingerprint density at radius 3 is 2.00 bits per heavy atom. The average molecular weight is 465 g/mol. The van der Waals surface area contributed by atoms with Gasteiger partial charge >= 0.3 is 8.56 Å². The van der Waals surface area contributed by atoms with Gasteiger partial charge in [-0.3, -0.25) is 0 Å². The van der Waals surface area contributed by atoms with Crippen molar-refractivity contribution in [3.63, 3.8) is 0 Å². The van der Waals surface area contributed by atoms with E-state index < -0.39 is 23.0 Å². The van der Waals surface area contributed by atoms with Crippen LogP contribution in [0.5, 0.6) is 0 Å². The van der Waals surface area contributed by atoms with Gasteiger partial charge in [0.2, 0.25) is 0 Å². The summed E-state index contributed by atoms with van der Waals surface area (Å²) in [6.07, 6.45) is 11.4. The summed E-state index contributed by atoms with van der Waals surface area (Å²) in [5.74, 6) is 0. The number of rotatable bonds is 20. The molecule has 0 heterocycles. The number of aliphatic hydroxyl groups excluding tert-OH is 1. The second kappa shape index (κ2) is 15.9. The van der Waals surface area contributed by atoms with Gasteiger partial charge in [0.25, 0.3) is 0 Å². The summed E-state index contributed by atoms with van der Waals surface area (Å²) in [5, 5.41) is 10.4. The van der Waals surface area contributed by atoms with Gasteiger partial charge in [-0.1, -0.05) is 45.4 Å². The highest BCUT2D eigenvalue weighted by atomic mass is 28.4. The minimum atomic E-state index is -1.97. The number of hydrogen-bond acceptors (Lipinski definition) is 4. The van der Waals surface area contributed by atoms with E-state index in [1.807, 2.05) is 0 Å². The Morgan fingerprint density at radius 2 is 1.43 bits per heavy atom. The fourth-order valence-electron chi connectivity index (χ4n) is 3.97. The number of nitrogens with zero attached hydrogens (tertiary/aromatic N) is 1. The third kappa shape index (κ3) is 17.9. The molecule has 0 aliphatic heterocycles. The van der Waals surface area contributed by atoms with Crippen LogP contribution in [0.4, 0.5) is 0 Å². The zero-order valence-corrected chi connectivity index (χ0v) is 23.6. The molecule has 0 aliphatic carbocycles. The maximum atomic E-state index is 10.4. The number of quaternary nitrogens is 1.